The molecule has 0 atom stereocenters. The lowest BCUT2D eigenvalue weighted by Gasteiger charge is -2.35. The third-order valence-electron chi connectivity index (χ3n) is 5.58. The van der Waals surface area contributed by atoms with Crippen molar-refractivity contribution >= 4 is 32.7 Å². The van der Waals surface area contributed by atoms with Crippen LogP contribution in [-0.4, -0.2) is 56.3 Å². The van der Waals surface area contributed by atoms with E-state index in [2.05, 4.69) is 15.3 Å². The molecule has 0 unspecified atom stereocenters. The van der Waals surface area contributed by atoms with E-state index in [9.17, 15) is 13.2 Å². The lowest BCUT2D eigenvalue weighted by molar-refractivity contribution is -0.111. The second-order valence-electron chi connectivity index (χ2n) is 8.78. The molecule has 3 heterocycles. The van der Waals surface area contributed by atoms with Crippen molar-refractivity contribution in [2.24, 2.45) is 11.1 Å². The number of hydrogen-bond donors (Lipinski definition) is 2. The number of nitrogens with two attached hydrogens (primary N) is 1. The van der Waals surface area contributed by atoms with Gasteiger partial charge in [0, 0.05) is 31.7 Å². The van der Waals surface area contributed by atoms with Crippen LogP contribution in [0.15, 0.2) is 41.7 Å². The maximum Gasteiger partial charge on any atom is 0.261 e. The fraction of sp³-hybridized carbons (Fsp3) is 0.409. The molecule has 2 aromatic rings. The van der Waals surface area contributed by atoms with Gasteiger partial charge in [0.1, 0.15) is 0 Å². The number of rotatable bonds is 4. The number of sulfone groups is 1. The molecule has 1 amide bonds. The Morgan fingerprint density at radius 2 is 1.91 bits per heavy atom. The maximum atomic E-state index is 13.1. The van der Waals surface area contributed by atoms with Crippen LogP contribution >= 0.6 is 0 Å². The molecule has 1 saturated heterocycles. The number of benzene rings is 1. The lowest BCUT2D eigenvalue weighted by atomic mass is 9.87. The number of nitrogens with zero attached hydrogens (tertiary/aromatic N) is 3. The van der Waals surface area contributed by atoms with Crippen molar-refractivity contribution in [3.05, 3.63) is 48.2 Å². The number of anilines is 2. The molecule has 0 spiro atoms. The van der Waals surface area contributed by atoms with Crippen LogP contribution in [0.1, 0.15) is 25.2 Å². The number of nitrogens with one attached hydrogen (secondary N) is 1. The highest BCUT2D eigenvalue weighted by Crippen LogP contribution is 2.41. The van der Waals surface area contributed by atoms with Crippen molar-refractivity contribution in [3.63, 3.8) is 0 Å². The van der Waals surface area contributed by atoms with Gasteiger partial charge in [-0.25, -0.2) is 18.4 Å². The minimum atomic E-state index is -3.44. The predicted octanol–water partition coefficient (Wildman–Crippen LogP) is 1.61. The Hall–Kier alpha value is -2.98. The lowest BCUT2D eigenvalue weighted by Crippen LogP contribution is -2.38. The SMILES string of the molecule is CC1(C)Cc2cc(NC(=O)C(=CN)c3ncccn3)c(N3CCOCC3)cc2S(=O)(=O)C1. The highest BCUT2D eigenvalue weighted by atomic mass is 32.2. The van der Waals surface area contributed by atoms with Crippen molar-refractivity contribution in [1.82, 2.24) is 9.97 Å². The second-order valence-corrected chi connectivity index (χ2v) is 10.7. The van der Waals surface area contributed by atoms with E-state index in [0.29, 0.717) is 54.6 Å². The van der Waals surface area contributed by atoms with E-state index >= 15 is 0 Å². The topological polar surface area (TPSA) is 128 Å². The fourth-order valence-electron chi connectivity index (χ4n) is 4.25. The number of fused-ring (bicyclic) bond motifs is 1. The molecule has 0 radical (unpaired) electrons. The summed E-state index contributed by atoms with van der Waals surface area (Å²) in [7, 11) is -3.44. The van der Waals surface area contributed by atoms with E-state index < -0.39 is 21.2 Å². The summed E-state index contributed by atoms with van der Waals surface area (Å²) >= 11 is 0. The van der Waals surface area contributed by atoms with Crippen molar-refractivity contribution in [1.29, 1.82) is 0 Å². The molecule has 0 saturated carbocycles. The van der Waals surface area contributed by atoms with E-state index in [1.54, 1.807) is 18.2 Å². The first-order valence-electron chi connectivity index (χ1n) is 10.4. The molecule has 32 heavy (non-hydrogen) atoms. The van der Waals surface area contributed by atoms with Gasteiger partial charge in [-0.2, -0.15) is 0 Å². The molecule has 1 aromatic heterocycles. The number of ether oxygens (including phenoxy) is 1. The maximum absolute atomic E-state index is 13.1. The highest BCUT2D eigenvalue weighted by molar-refractivity contribution is 7.91. The van der Waals surface area contributed by atoms with Crippen LogP contribution in [0.25, 0.3) is 5.57 Å². The van der Waals surface area contributed by atoms with Crippen molar-refractivity contribution in [3.8, 4) is 0 Å². The Labute approximate surface area is 187 Å². The average molecular weight is 458 g/mol. The van der Waals surface area contributed by atoms with Gasteiger partial charge < -0.3 is 20.7 Å². The summed E-state index contributed by atoms with van der Waals surface area (Å²) in [5.74, 6) is -0.166. The van der Waals surface area contributed by atoms with E-state index in [0.717, 1.165) is 0 Å². The zero-order valence-electron chi connectivity index (χ0n) is 18.2. The van der Waals surface area contributed by atoms with Crippen LogP contribution in [0.3, 0.4) is 0 Å². The Morgan fingerprint density at radius 3 is 2.56 bits per heavy atom. The molecule has 9 nitrogen and oxygen atoms in total. The Balaban J connectivity index is 1.77. The van der Waals surface area contributed by atoms with Gasteiger partial charge in [0.15, 0.2) is 15.7 Å². The predicted molar refractivity (Wildman–Crippen MR) is 122 cm³/mol. The minimum Gasteiger partial charge on any atom is -0.404 e. The first-order chi connectivity index (χ1) is 15.2. The van der Waals surface area contributed by atoms with Gasteiger partial charge in [0.2, 0.25) is 0 Å². The van der Waals surface area contributed by atoms with E-state index in [1.807, 2.05) is 18.7 Å². The molecule has 170 valence electrons. The Kier molecular flexibility index (Phi) is 5.91. The van der Waals surface area contributed by atoms with Crippen molar-refractivity contribution in [2.45, 2.75) is 25.2 Å². The first kappa shape index (κ1) is 22.2. The number of carbonyl (C=O) groups is 1. The van der Waals surface area contributed by atoms with Crippen molar-refractivity contribution in [2.75, 3.05) is 42.3 Å². The van der Waals surface area contributed by atoms with Gasteiger partial charge in [0.05, 0.1) is 40.8 Å². The average Bonchev–Trinajstić information content (AvgIpc) is 2.74. The van der Waals surface area contributed by atoms with E-state index in [1.165, 1.54) is 18.6 Å². The van der Waals surface area contributed by atoms with Gasteiger partial charge >= 0.3 is 0 Å². The number of amides is 1. The van der Waals surface area contributed by atoms with Gasteiger partial charge in [-0.05, 0) is 35.6 Å². The number of morpholine rings is 1. The summed E-state index contributed by atoms with van der Waals surface area (Å²) in [4.78, 5) is 23.7. The van der Waals surface area contributed by atoms with Crippen LogP contribution in [0.2, 0.25) is 0 Å². The molecule has 3 N–H and O–H groups in total. The zero-order chi connectivity index (χ0) is 22.9. The Bertz CT molecular complexity index is 1160. The molecule has 2 aliphatic heterocycles. The highest BCUT2D eigenvalue weighted by Gasteiger charge is 2.37. The number of carbonyl (C=O) groups excluding carboxylic acids is 1. The quantitative estimate of drug-likeness (QED) is 0.663. The summed E-state index contributed by atoms with van der Waals surface area (Å²) < 4.78 is 31.5. The normalized spacial score (nSPS) is 19.8. The van der Waals surface area contributed by atoms with Crippen molar-refractivity contribution < 1.29 is 17.9 Å². The third kappa shape index (κ3) is 4.46. The molecule has 1 fully saturated rings. The third-order valence-corrected chi connectivity index (χ3v) is 7.79. The largest absolute Gasteiger partial charge is 0.404 e. The number of hydrogen-bond acceptors (Lipinski definition) is 8. The van der Waals surface area contributed by atoms with E-state index in [-0.39, 0.29) is 17.2 Å². The summed E-state index contributed by atoms with van der Waals surface area (Å²) in [5, 5.41) is 2.92. The fourth-order valence-corrected chi connectivity index (χ4v) is 6.35. The Morgan fingerprint density at radius 1 is 1.22 bits per heavy atom. The molecule has 0 bridgehead atoms. The van der Waals surface area contributed by atoms with Gasteiger partial charge in [-0.3, -0.25) is 4.79 Å². The molecule has 10 heteroatoms. The van der Waals surface area contributed by atoms with Crippen LogP contribution in [0.4, 0.5) is 11.4 Å². The van der Waals surface area contributed by atoms with Crippen LogP contribution in [-0.2, 0) is 25.8 Å². The summed E-state index contributed by atoms with van der Waals surface area (Å²) in [5.41, 5.74) is 7.32. The smallest absolute Gasteiger partial charge is 0.261 e. The molecular formula is C22H27N5O4S. The summed E-state index contributed by atoms with van der Waals surface area (Å²) in [6.07, 6.45) is 4.83. The van der Waals surface area contributed by atoms with Gasteiger partial charge in [0.25, 0.3) is 5.91 Å². The zero-order valence-corrected chi connectivity index (χ0v) is 19.0. The molecular weight excluding hydrogens is 430 g/mol. The summed E-state index contributed by atoms with van der Waals surface area (Å²) in [6, 6.07) is 5.11. The summed E-state index contributed by atoms with van der Waals surface area (Å²) in [6.45, 7) is 6.10. The van der Waals surface area contributed by atoms with Gasteiger partial charge in [-0.15, -0.1) is 0 Å². The van der Waals surface area contributed by atoms with E-state index in [4.69, 9.17) is 10.5 Å². The van der Waals surface area contributed by atoms with Gasteiger partial charge in [-0.1, -0.05) is 13.8 Å². The second kappa shape index (κ2) is 8.51. The standard InChI is InChI=1S/C22H27N5O4S/c1-22(2)12-15-10-17(26-21(28)16(13-23)20-24-4-3-5-25-20)18(27-6-8-31-9-7-27)11-19(15)32(29,30)14-22/h3-5,10-11,13H,6-9,12,14,23H2,1-2H3,(H,26,28). The molecule has 0 aliphatic carbocycles. The monoisotopic (exact) mass is 457 g/mol. The number of aromatic nitrogens is 2. The molecule has 2 aliphatic rings. The van der Waals surface area contributed by atoms with Crippen LogP contribution < -0.4 is 16.0 Å². The molecule has 1 aromatic carbocycles. The molecule has 4 rings (SSSR count). The first-order valence-corrected chi connectivity index (χ1v) is 12.1. The van der Waals surface area contributed by atoms with Crippen LogP contribution in [0, 0.1) is 5.41 Å². The van der Waals surface area contributed by atoms with Crippen LogP contribution in [0.5, 0.6) is 0 Å². The minimum absolute atomic E-state index is 0.0899.